The molecule has 132 valence electrons. The molecule has 1 aromatic carbocycles. The number of rotatable bonds is 3. The van der Waals surface area contributed by atoms with E-state index in [-0.39, 0.29) is 17.9 Å². The summed E-state index contributed by atoms with van der Waals surface area (Å²) in [5.41, 5.74) is 7.30. The van der Waals surface area contributed by atoms with Crippen LogP contribution in [0.2, 0.25) is 0 Å². The molecule has 2 aliphatic rings. The zero-order chi connectivity index (χ0) is 17.4. The zero-order valence-corrected chi connectivity index (χ0v) is 14.3. The van der Waals surface area contributed by atoms with Gasteiger partial charge in [0.05, 0.1) is 0 Å². The first-order chi connectivity index (χ1) is 12.2. The molecule has 1 aromatic heterocycles. The van der Waals surface area contributed by atoms with Crippen molar-refractivity contribution in [3.8, 4) is 0 Å². The lowest BCUT2D eigenvalue weighted by atomic mass is 9.83. The van der Waals surface area contributed by atoms with Crippen molar-refractivity contribution in [3.05, 3.63) is 36.0 Å². The van der Waals surface area contributed by atoms with Gasteiger partial charge in [0.25, 0.3) is 5.91 Å². The van der Waals surface area contributed by atoms with Gasteiger partial charge in [0, 0.05) is 49.5 Å². The van der Waals surface area contributed by atoms with Crippen molar-refractivity contribution in [1.82, 2.24) is 14.8 Å². The fraction of sp³-hybridized carbons (Fsp3) is 0.474. The molecule has 0 spiro atoms. The highest BCUT2D eigenvalue weighted by atomic mass is 16.2. The van der Waals surface area contributed by atoms with Crippen LogP contribution in [0.3, 0.4) is 0 Å². The third-order valence-electron chi connectivity index (χ3n) is 5.56. The number of fused-ring (bicyclic) bond motifs is 2. The Labute approximate surface area is 147 Å². The molecule has 0 saturated carbocycles. The first kappa shape index (κ1) is 16.1. The van der Waals surface area contributed by atoms with E-state index in [0.717, 1.165) is 23.7 Å². The van der Waals surface area contributed by atoms with Crippen LogP contribution in [0.4, 0.5) is 0 Å². The van der Waals surface area contributed by atoms with Gasteiger partial charge in [0.1, 0.15) is 5.69 Å². The zero-order valence-electron chi connectivity index (χ0n) is 14.3. The minimum absolute atomic E-state index is 0.0527. The van der Waals surface area contributed by atoms with E-state index in [1.165, 1.54) is 0 Å². The van der Waals surface area contributed by atoms with E-state index < -0.39 is 0 Å². The molecule has 6 nitrogen and oxygen atoms in total. The van der Waals surface area contributed by atoms with Crippen LogP contribution in [0.25, 0.3) is 10.9 Å². The Kier molecular flexibility index (Phi) is 4.21. The highest BCUT2D eigenvalue weighted by Crippen LogP contribution is 2.31. The van der Waals surface area contributed by atoms with E-state index in [1.807, 2.05) is 40.1 Å². The van der Waals surface area contributed by atoms with Crippen LogP contribution in [0, 0.1) is 5.92 Å². The second kappa shape index (κ2) is 6.52. The average Bonchev–Trinajstić information content (AvgIpc) is 3.07. The predicted octanol–water partition coefficient (Wildman–Crippen LogP) is 1.58. The lowest BCUT2D eigenvalue weighted by Crippen LogP contribution is -2.57. The minimum Gasteiger partial charge on any atom is -0.351 e. The average molecular weight is 340 g/mol. The van der Waals surface area contributed by atoms with Gasteiger partial charge in [-0.1, -0.05) is 18.2 Å². The summed E-state index contributed by atoms with van der Waals surface area (Å²) >= 11 is 0. The maximum Gasteiger partial charge on any atom is 0.270 e. The van der Waals surface area contributed by atoms with Gasteiger partial charge >= 0.3 is 0 Å². The number of aromatic nitrogens is 1. The third kappa shape index (κ3) is 2.91. The van der Waals surface area contributed by atoms with E-state index in [4.69, 9.17) is 5.73 Å². The number of hydrogen-bond acceptors (Lipinski definition) is 3. The fourth-order valence-corrected chi connectivity index (χ4v) is 4.32. The van der Waals surface area contributed by atoms with Crippen LogP contribution in [0.1, 0.15) is 29.8 Å². The molecule has 0 bridgehead atoms. The molecule has 2 saturated heterocycles. The van der Waals surface area contributed by atoms with Crippen molar-refractivity contribution in [2.45, 2.75) is 25.3 Å². The van der Waals surface area contributed by atoms with Gasteiger partial charge in [-0.05, 0) is 30.9 Å². The fourth-order valence-electron chi connectivity index (χ4n) is 4.32. The molecule has 2 fully saturated rings. The molecule has 6 heteroatoms. The summed E-state index contributed by atoms with van der Waals surface area (Å²) in [7, 11) is 0. The number of nitrogens with two attached hydrogens (primary N) is 1. The lowest BCUT2D eigenvalue weighted by molar-refractivity contribution is -0.140. The minimum atomic E-state index is 0.0527. The van der Waals surface area contributed by atoms with Gasteiger partial charge in [-0.2, -0.15) is 0 Å². The van der Waals surface area contributed by atoms with Gasteiger partial charge < -0.3 is 20.5 Å². The normalized spacial score (nSPS) is 23.8. The molecule has 2 aliphatic heterocycles. The Bertz CT molecular complexity index is 767. The predicted molar refractivity (Wildman–Crippen MR) is 96.1 cm³/mol. The molecular weight excluding hydrogens is 316 g/mol. The van der Waals surface area contributed by atoms with Gasteiger partial charge in [-0.15, -0.1) is 0 Å². The summed E-state index contributed by atoms with van der Waals surface area (Å²) in [6, 6.07) is 10.1. The van der Waals surface area contributed by atoms with Crippen LogP contribution in [-0.2, 0) is 4.79 Å². The van der Waals surface area contributed by atoms with Crippen LogP contribution in [0.15, 0.2) is 30.3 Å². The van der Waals surface area contributed by atoms with Gasteiger partial charge in [-0.3, -0.25) is 9.59 Å². The number of aromatic amines is 1. The van der Waals surface area contributed by atoms with Crippen molar-refractivity contribution in [2.24, 2.45) is 11.7 Å². The molecule has 3 heterocycles. The summed E-state index contributed by atoms with van der Waals surface area (Å²) in [6.07, 6.45) is 2.26. The molecule has 2 atom stereocenters. The standard InChI is InChI=1S/C19H24N4O2/c20-8-10-23-17-7-9-22(12-14(17)5-6-18(23)24)19(25)16-11-13-3-1-2-4-15(13)21-16/h1-4,11,14,17,21H,5-10,12,20H2/t14-,17+/m0/s1. The number of nitrogens with zero attached hydrogens (tertiary/aromatic N) is 2. The summed E-state index contributed by atoms with van der Waals surface area (Å²) in [4.78, 5) is 32.2. The highest BCUT2D eigenvalue weighted by molar-refractivity contribution is 5.98. The topological polar surface area (TPSA) is 82.4 Å². The largest absolute Gasteiger partial charge is 0.351 e. The molecule has 0 unspecified atom stereocenters. The number of hydrogen-bond donors (Lipinski definition) is 2. The number of H-pyrrole nitrogens is 1. The van der Waals surface area contributed by atoms with Crippen LogP contribution >= 0.6 is 0 Å². The van der Waals surface area contributed by atoms with E-state index >= 15 is 0 Å². The summed E-state index contributed by atoms with van der Waals surface area (Å²) < 4.78 is 0. The number of carbonyl (C=O) groups is 2. The van der Waals surface area contributed by atoms with E-state index in [0.29, 0.717) is 44.2 Å². The number of likely N-dealkylation sites (tertiary alicyclic amines) is 2. The Morgan fingerprint density at radius 3 is 2.92 bits per heavy atom. The molecule has 0 radical (unpaired) electrons. The molecule has 25 heavy (non-hydrogen) atoms. The van der Waals surface area contributed by atoms with Crippen LogP contribution < -0.4 is 5.73 Å². The number of piperidine rings is 2. The maximum absolute atomic E-state index is 12.9. The smallest absolute Gasteiger partial charge is 0.270 e. The van der Waals surface area contributed by atoms with Crippen molar-refractivity contribution in [2.75, 3.05) is 26.2 Å². The SMILES string of the molecule is NCCN1C(=O)CC[C@H]2CN(C(=O)c3cc4ccccc4[nH]3)CC[C@H]21. The number of nitrogens with one attached hydrogen (secondary N) is 1. The monoisotopic (exact) mass is 340 g/mol. The van der Waals surface area contributed by atoms with Crippen LogP contribution in [0.5, 0.6) is 0 Å². The number of carbonyl (C=O) groups excluding carboxylic acids is 2. The molecule has 0 aliphatic carbocycles. The Morgan fingerprint density at radius 2 is 2.12 bits per heavy atom. The summed E-state index contributed by atoms with van der Waals surface area (Å²) in [5, 5.41) is 1.05. The van der Waals surface area contributed by atoms with Gasteiger partial charge in [0.2, 0.25) is 5.91 Å². The van der Waals surface area contributed by atoms with E-state index in [1.54, 1.807) is 0 Å². The number of benzene rings is 1. The summed E-state index contributed by atoms with van der Waals surface area (Å²) in [5.74, 6) is 0.616. The molecule has 4 rings (SSSR count). The first-order valence-corrected chi connectivity index (χ1v) is 9.04. The lowest BCUT2D eigenvalue weighted by Gasteiger charge is -2.47. The van der Waals surface area contributed by atoms with Crippen molar-refractivity contribution < 1.29 is 9.59 Å². The molecule has 2 aromatic rings. The molecular formula is C19H24N4O2. The molecule has 3 N–H and O–H groups in total. The number of para-hydroxylation sites is 1. The Hall–Kier alpha value is -2.34. The Morgan fingerprint density at radius 1 is 1.28 bits per heavy atom. The summed E-state index contributed by atoms with van der Waals surface area (Å²) in [6.45, 7) is 2.51. The van der Waals surface area contributed by atoms with E-state index in [9.17, 15) is 9.59 Å². The quantitative estimate of drug-likeness (QED) is 0.890. The van der Waals surface area contributed by atoms with Crippen LogP contribution in [-0.4, -0.2) is 58.8 Å². The van der Waals surface area contributed by atoms with Crippen molar-refractivity contribution in [3.63, 3.8) is 0 Å². The first-order valence-electron chi connectivity index (χ1n) is 9.04. The van der Waals surface area contributed by atoms with Crippen molar-refractivity contribution in [1.29, 1.82) is 0 Å². The number of amides is 2. The molecule has 2 amide bonds. The van der Waals surface area contributed by atoms with Crippen molar-refractivity contribution >= 4 is 22.7 Å². The second-order valence-electron chi connectivity index (χ2n) is 7.05. The van der Waals surface area contributed by atoms with E-state index in [2.05, 4.69) is 4.98 Å². The second-order valence-corrected chi connectivity index (χ2v) is 7.05. The third-order valence-corrected chi connectivity index (χ3v) is 5.56. The highest BCUT2D eigenvalue weighted by Gasteiger charge is 2.40. The maximum atomic E-state index is 12.9. The Balaban J connectivity index is 1.50. The van der Waals surface area contributed by atoms with Gasteiger partial charge in [-0.25, -0.2) is 0 Å². The van der Waals surface area contributed by atoms with Gasteiger partial charge in [0.15, 0.2) is 0 Å².